The standard InChI is InChI=1S/C26H48N2O2/c1-4-7-10-13-18-28-25(22-27)24-21-23(29-19-14-11-8-5-2)16-17-26(24)30-20-15-12-9-6-3/h16-17,21,25,28H,4-15,18-20,22,27H2,1-3H3. The normalized spacial score (nSPS) is 12.1. The summed E-state index contributed by atoms with van der Waals surface area (Å²) in [5.41, 5.74) is 7.29. The third-order valence-corrected chi connectivity index (χ3v) is 5.54. The van der Waals surface area contributed by atoms with Crippen LogP contribution in [-0.4, -0.2) is 26.3 Å². The van der Waals surface area contributed by atoms with E-state index in [1.165, 1.54) is 64.2 Å². The fourth-order valence-electron chi connectivity index (χ4n) is 3.60. The molecule has 1 rings (SSSR count). The van der Waals surface area contributed by atoms with E-state index >= 15 is 0 Å². The maximum Gasteiger partial charge on any atom is 0.124 e. The Hall–Kier alpha value is -1.26. The van der Waals surface area contributed by atoms with Gasteiger partial charge in [0.05, 0.1) is 13.2 Å². The molecule has 0 aliphatic heterocycles. The number of unbranched alkanes of at least 4 members (excludes halogenated alkanes) is 9. The molecule has 1 aromatic carbocycles. The molecule has 0 radical (unpaired) electrons. The molecule has 0 saturated carbocycles. The highest BCUT2D eigenvalue weighted by Crippen LogP contribution is 2.30. The molecule has 1 atom stereocenters. The van der Waals surface area contributed by atoms with Crippen molar-refractivity contribution in [3.05, 3.63) is 23.8 Å². The van der Waals surface area contributed by atoms with E-state index in [2.05, 4.69) is 38.2 Å². The lowest BCUT2D eigenvalue weighted by Crippen LogP contribution is -2.29. The third-order valence-electron chi connectivity index (χ3n) is 5.54. The van der Waals surface area contributed by atoms with Gasteiger partial charge in [-0.1, -0.05) is 78.6 Å². The summed E-state index contributed by atoms with van der Waals surface area (Å²) < 4.78 is 12.2. The Kier molecular flexibility index (Phi) is 16.5. The number of nitrogens with two attached hydrogens (primary N) is 1. The quantitative estimate of drug-likeness (QED) is 0.228. The monoisotopic (exact) mass is 420 g/mol. The van der Waals surface area contributed by atoms with Gasteiger partial charge >= 0.3 is 0 Å². The maximum absolute atomic E-state index is 6.17. The van der Waals surface area contributed by atoms with Crippen molar-refractivity contribution in [1.29, 1.82) is 0 Å². The molecule has 1 aromatic rings. The molecule has 30 heavy (non-hydrogen) atoms. The van der Waals surface area contributed by atoms with E-state index in [0.717, 1.165) is 49.7 Å². The van der Waals surface area contributed by atoms with Crippen LogP contribution >= 0.6 is 0 Å². The summed E-state index contributed by atoms with van der Waals surface area (Å²) in [6.07, 6.45) is 14.7. The zero-order chi connectivity index (χ0) is 21.9. The van der Waals surface area contributed by atoms with E-state index in [-0.39, 0.29) is 6.04 Å². The Bertz CT molecular complexity index is 522. The highest BCUT2D eigenvalue weighted by Gasteiger charge is 2.16. The van der Waals surface area contributed by atoms with Gasteiger partial charge in [-0.15, -0.1) is 0 Å². The van der Waals surface area contributed by atoms with Gasteiger partial charge in [0.2, 0.25) is 0 Å². The molecule has 0 aliphatic rings. The molecule has 0 aromatic heterocycles. The van der Waals surface area contributed by atoms with Crippen LogP contribution in [0.15, 0.2) is 18.2 Å². The molecule has 4 nitrogen and oxygen atoms in total. The summed E-state index contributed by atoms with van der Waals surface area (Å²) in [4.78, 5) is 0. The molecule has 0 aliphatic carbocycles. The summed E-state index contributed by atoms with van der Waals surface area (Å²) in [5.74, 6) is 1.87. The Labute approximate surface area is 186 Å². The largest absolute Gasteiger partial charge is 0.494 e. The number of ether oxygens (including phenoxy) is 2. The molecule has 0 spiro atoms. The van der Waals surface area contributed by atoms with Crippen molar-refractivity contribution in [1.82, 2.24) is 5.32 Å². The van der Waals surface area contributed by atoms with Crippen LogP contribution in [0.3, 0.4) is 0 Å². The van der Waals surface area contributed by atoms with Gasteiger partial charge in [0, 0.05) is 18.2 Å². The number of benzene rings is 1. The van der Waals surface area contributed by atoms with Crippen LogP contribution in [0.25, 0.3) is 0 Å². The van der Waals surface area contributed by atoms with Crippen LogP contribution < -0.4 is 20.5 Å². The Morgan fingerprint density at radius 1 is 0.767 bits per heavy atom. The van der Waals surface area contributed by atoms with Crippen LogP contribution in [0.4, 0.5) is 0 Å². The zero-order valence-corrected chi connectivity index (χ0v) is 20.0. The highest BCUT2D eigenvalue weighted by molar-refractivity contribution is 5.42. The van der Waals surface area contributed by atoms with Crippen LogP contribution in [0.1, 0.15) is 109 Å². The predicted octanol–water partition coefficient (Wildman–Crippen LogP) is 6.77. The second kappa shape index (κ2) is 18.5. The van der Waals surface area contributed by atoms with Crippen molar-refractivity contribution < 1.29 is 9.47 Å². The molecule has 0 heterocycles. The third kappa shape index (κ3) is 11.8. The Morgan fingerprint density at radius 3 is 1.97 bits per heavy atom. The van der Waals surface area contributed by atoms with Gasteiger partial charge < -0.3 is 20.5 Å². The van der Waals surface area contributed by atoms with E-state index in [4.69, 9.17) is 15.2 Å². The van der Waals surface area contributed by atoms with Crippen molar-refractivity contribution in [2.24, 2.45) is 5.73 Å². The molecule has 174 valence electrons. The lowest BCUT2D eigenvalue weighted by Gasteiger charge is -2.22. The fourth-order valence-corrected chi connectivity index (χ4v) is 3.60. The van der Waals surface area contributed by atoms with Gasteiger partial charge in [-0.05, 0) is 44.0 Å². The van der Waals surface area contributed by atoms with Gasteiger partial charge in [0.15, 0.2) is 0 Å². The smallest absolute Gasteiger partial charge is 0.124 e. The van der Waals surface area contributed by atoms with E-state index < -0.39 is 0 Å². The van der Waals surface area contributed by atoms with Crippen molar-refractivity contribution in [3.8, 4) is 11.5 Å². The molecule has 3 N–H and O–H groups in total. The van der Waals surface area contributed by atoms with Crippen LogP contribution in [-0.2, 0) is 0 Å². The summed E-state index contributed by atoms with van der Waals surface area (Å²) in [5, 5.41) is 3.65. The molecule has 0 amide bonds. The SMILES string of the molecule is CCCCCCNC(CN)c1cc(OCCCCCC)ccc1OCCCCCC. The summed E-state index contributed by atoms with van der Waals surface area (Å²) >= 11 is 0. The zero-order valence-electron chi connectivity index (χ0n) is 20.0. The van der Waals surface area contributed by atoms with E-state index in [1.807, 2.05) is 6.07 Å². The second-order valence-corrected chi connectivity index (χ2v) is 8.32. The average Bonchev–Trinajstić information content (AvgIpc) is 2.77. The van der Waals surface area contributed by atoms with Crippen molar-refractivity contribution in [2.75, 3.05) is 26.3 Å². The van der Waals surface area contributed by atoms with Crippen LogP contribution in [0, 0.1) is 0 Å². The lowest BCUT2D eigenvalue weighted by molar-refractivity contribution is 0.291. The lowest BCUT2D eigenvalue weighted by atomic mass is 10.0. The molecule has 0 fully saturated rings. The number of hydrogen-bond donors (Lipinski definition) is 2. The van der Waals surface area contributed by atoms with Crippen molar-refractivity contribution in [3.63, 3.8) is 0 Å². The summed E-state index contributed by atoms with van der Waals surface area (Å²) in [6.45, 7) is 9.79. The average molecular weight is 421 g/mol. The highest BCUT2D eigenvalue weighted by atomic mass is 16.5. The van der Waals surface area contributed by atoms with Gasteiger partial charge in [-0.3, -0.25) is 0 Å². The predicted molar refractivity (Wildman–Crippen MR) is 130 cm³/mol. The molecule has 0 saturated heterocycles. The van der Waals surface area contributed by atoms with Gasteiger partial charge in [-0.25, -0.2) is 0 Å². The Morgan fingerprint density at radius 2 is 1.37 bits per heavy atom. The molecular formula is C26H48N2O2. The molecular weight excluding hydrogens is 372 g/mol. The minimum Gasteiger partial charge on any atom is -0.494 e. The van der Waals surface area contributed by atoms with Gasteiger partial charge in [0.25, 0.3) is 0 Å². The van der Waals surface area contributed by atoms with Crippen LogP contribution in [0.5, 0.6) is 11.5 Å². The summed E-state index contributed by atoms with van der Waals surface area (Å²) in [6, 6.07) is 6.34. The van der Waals surface area contributed by atoms with E-state index in [9.17, 15) is 0 Å². The summed E-state index contributed by atoms with van der Waals surface area (Å²) in [7, 11) is 0. The second-order valence-electron chi connectivity index (χ2n) is 8.32. The van der Waals surface area contributed by atoms with E-state index in [0.29, 0.717) is 6.54 Å². The molecule has 0 bridgehead atoms. The van der Waals surface area contributed by atoms with Gasteiger partial charge in [0.1, 0.15) is 11.5 Å². The topological polar surface area (TPSA) is 56.5 Å². The minimum absolute atomic E-state index is 0.0981. The van der Waals surface area contributed by atoms with E-state index in [1.54, 1.807) is 0 Å². The van der Waals surface area contributed by atoms with Crippen LogP contribution in [0.2, 0.25) is 0 Å². The first-order valence-corrected chi connectivity index (χ1v) is 12.6. The first-order chi connectivity index (χ1) is 14.8. The number of nitrogens with one attached hydrogen (secondary N) is 1. The molecule has 1 unspecified atom stereocenters. The number of hydrogen-bond acceptors (Lipinski definition) is 4. The number of rotatable bonds is 20. The first kappa shape index (κ1) is 26.8. The first-order valence-electron chi connectivity index (χ1n) is 12.6. The maximum atomic E-state index is 6.17. The van der Waals surface area contributed by atoms with Gasteiger partial charge in [-0.2, -0.15) is 0 Å². The van der Waals surface area contributed by atoms with Crippen molar-refractivity contribution in [2.45, 2.75) is 104 Å². The fraction of sp³-hybridized carbons (Fsp3) is 0.769. The molecule has 4 heteroatoms. The van der Waals surface area contributed by atoms with Crippen molar-refractivity contribution >= 4 is 0 Å². The Balaban J connectivity index is 2.73. The minimum atomic E-state index is 0.0981.